The first kappa shape index (κ1) is 17.4. The Morgan fingerprint density at radius 3 is 2.82 bits per heavy atom. The second kappa shape index (κ2) is 6.71. The van der Waals surface area contributed by atoms with Gasteiger partial charge in [-0.3, -0.25) is 4.98 Å². The summed E-state index contributed by atoms with van der Waals surface area (Å²) < 4.78 is 2.00. The van der Waals surface area contributed by atoms with Gasteiger partial charge in [-0.05, 0) is 66.4 Å². The van der Waals surface area contributed by atoms with E-state index in [0.29, 0.717) is 5.92 Å². The molecule has 2 aliphatic rings. The molecule has 0 saturated heterocycles. The summed E-state index contributed by atoms with van der Waals surface area (Å²) in [6.45, 7) is 2.37. The Morgan fingerprint density at radius 2 is 2.04 bits per heavy atom. The first-order chi connectivity index (χ1) is 13.6. The lowest BCUT2D eigenvalue weighted by Crippen LogP contribution is -2.30. The third kappa shape index (κ3) is 2.80. The molecule has 0 aliphatic heterocycles. The monoisotopic (exact) mass is 371 g/mol. The summed E-state index contributed by atoms with van der Waals surface area (Å²) >= 11 is 0. The number of pyridine rings is 1. The maximum Gasteiger partial charge on any atom is 0.0835 e. The molecular formula is C24H25N3O. The molecule has 5 rings (SSSR count). The summed E-state index contributed by atoms with van der Waals surface area (Å²) in [7, 11) is 0. The zero-order valence-electron chi connectivity index (χ0n) is 16.1. The number of rotatable bonds is 4. The van der Waals surface area contributed by atoms with Gasteiger partial charge in [-0.25, -0.2) is 4.68 Å². The van der Waals surface area contributed by atoms with Crippen molar-refractivity contribution in [1.29, 1.82) is 0 Å². The van der Waals surface area contributed by atoms with Crippen LogP contribution in [0.1, 0.15) is 49.1 Å². The fraction of sp³-hybridized carbons (Fsp3) is 0.333. The van der Waals surface area contributed by atoms with Crippen molar-refractivity contribution in [2.75, 3.05) is 0 Å². The maximum atomic E-state index is 10.8. The van der Waals surface area contributed by atoms with Crippen molar-refractivity contribution < 1.29 is 5.11 Å². The van der Waals surface area contributed by atoms with Gasteiger partial charge in [0.1, 0.15) is 0 Å². The van der Waals surface area contributed by atoms with Gasteiger partial charge in [-0.2, -0.15) is 5.10 Å². The zero-order valence-corrected chi connectivity index (χ0v) is 16.1. The molecule has 1 fully saturated rings. The van der Waals surface area contributed by atoms with Crippen LogP contribution in [-0.2, 0) is 6.42 Å². The number of fused-ring (bicyclic) bond motifs is 2. The van der Waals surface area contributed by atoms with E-state index < -0.39 is 6.10 Å². The molecule has 2 aromatic heterocycles. The van der Waals surface area contributed by atoms with Crippen molar-refractivity contribution >= 4 is 6.08 Å². The van der Waals surface area contributed by atoms with Crippen LogP contribution in [-0.4, -0.2) is 19.9 Å². The summed E-state index contributed by atoms with van der Waals surface area (Å²) in [6, 6.07) is 14.0. The summed E-state index contributed by atoms with van der Waals surface area (Å²) in [4.78, 5) is 4.23. The fourth-order valence-corrected chi connectivity index (χ4v) is 5.08. The first-order valence-corrected chi connectivity index (χ1v) is 10.1. The molecular weight excluding hydrogens is 346 g/mol. The van der Waals surface area contributed by atoms with Crippen LogP contribution in [0.2, 0.25) is 0 Å². The first-order valence-electron chi connectivity index (χ1n) is 10.1. The molecule has 0 bridgehead atoms. The number of aromatic nitrogens is 3. The van der Waals surface area contributed by atoms with E-state index >= 15 is 0 Å². The molecule has 28 heavy (non-hydrogen) atoms. The summed E-state index contributed by atoms with van der Waals surface area (Å²) in [5.41, 5.74) is 6.09. The quantitative estimate of drug-likeness (QED) is 0.720. The van der Waals surface area contributed by atoms with Gasteiger partial charge in [0.2, 0.25) is 0 Å². The minimum absolute atomic E-state index is 0.103. The molecule has 0 spiro atoms. The van der Waals surface area contributed by atoms with Crippen LogP contribution in [0, 0.1) is 11.3 Å². The second-order valence-corrected chi connectivity index (χ2v) is 8.34. The minimum Gasteiger partial charge on any atom is -0.388 e. The predicted molar refractivity (Wildman–Crippen MR) is 110 cm³/mol. The third-order valence-corrected chi connectivity index (χ3v) is 6.73. The Kier molecular flexibility index (Phi) is 4.17. The van der Waals surface area contributed by atoms with Crippen LogP contribution >= 0.6 is 0 Å². The highest BCUT2D eigenvalue weighted by molar-refractivity contribution is 5.61. The van der Waals surface area contributed by atoms with E-state index in [1.807, 2.05) is 59.5 Å². The number of aliphatic hydroxyl groups is 1. The molecule has 4 nitrogen and oxygen atoms in total. The van der Waals surface area contributed by atoms with E-state index in [0.717, 1.165) is 36.9 Å². The Hall–Kier alpha value is -2.72. The van der Waals surface area contributed by atoms with E-state index in [2.05, 4.69) is 23.1 Å². The SMILES string of the molecule is CC12Cc3cnn(-c4cccnc4)c3C=C1CC[C@@H]2CC(O)c1ccccc1. The summed E-state index contributed by atoms with van der Waals surface area (Å²) in [5, 5.41) is 15.4. The van der Waals surface area contributed by atoms with Crippen molar-refractivity contribution in [3.63, 3.8) is 0 Å². The molecule has 0 radical (unpaired) electrons. The van der Waals surface area contributed by atoms with E-state index in [-0.39, 0.29) is 5.41 Å². The van der Waals surface area contributed by atoms with Crippen LogP contribution in [0.25, 0.3) is 11.8 Å². The van der Waals surface area contributed by atoms with E-state index in [1.54, 1.807) is 6.20 Å². The lowest BCUT2D eigenvalue weighted by atomic mass is 9.68. The van der Waals surface area contributed by atoms with Crippen LogP contribution in [0.4, 0.5) is 0 Å². The van der Waals surface area contributed by atoms with Gasteiger partial charge in [0, 0.05) is 6.20 Å². The second-order valence-electron chi connectivity index (χ2n) is 8.34. The molecule has 1 N–H and O–H groups in total. The van der Waals surface area contributed by atoms with Gasteiger partial charge < -0.3 is 5.11 Å². The smallest absolute Gasteiger partial charge is 0.0835 e. The van der Waals surface area contributed by atoms with Crippen molar-refractivity contribution in [3.8, 4) is 5.69 Å². The van der Waals surface area contributed by atoms with Gasteiger partial charge in [0.05, 0.1) is 29.9 Å². The number of nitrogens with zero attached hydrogens (tertiary/aromatic N) is 3. The normalized spacial score (nSPS) is 24.4. The Labute approximate surface area is 165 Å². The Morgan fingerprint density at radius 1 is 1.18 bits per heavy atom. The van der Waals surface area contributed by atoms with Gasteiger partial charge in [0.25, 0.3) is 0 Å². The molecule has 142 valence electrons. The molecule has 2 aliphatic carbocycles. The number of hydrogen-bond donors (Lipinski definition) is 1. The number of benzene rings is 1. The van der Waals surface area contributed by atoms with Crippen molar-refractivity contribution in [2.45, 2.75) is 38.7 Å². The number of allylic oxidation sites excluding steroid dienone is 1. The topological polar surface area (TPSA) is 50.9 Å². The highest BCUT2D eigenvalue weighted by atomic mass is 16.3. The largest absolute Gasteiger partial charge is 0.388 e. The molecule has 2 heterocycles. The van der Waals surface area contributed by atoms with E-state index in [4.69, 9.17) is 0 Å². The van der Waals surface area contributed by atoms with Crippen LogP contribution < -0.4 is 0 Å². The lowest BCUT2D eigenvalue weighted by Gasteiger charge is -2.37. The molecule has 0 amide bonds. The predicted octanol–water partition coefficient (Wildman–Crippen LogP) is 4.75. The highest BCUT2D eigenvalue weighted by Gasteiger charge is 2.46. The average Bonchev–Trinajstić information content (AvgIpc) is 3.27. The molecule has 1 aromatic carbocycles. The van der Waals surface area contributed by atoms with Crippen molar-refractivity contribution in [3.05, 3.63) is 83.4 Å². The third-order valence-electron chi connectivity index (χ3n) is 6.73. The van der Waals surface area contributed by atoms with Gasteiger partial charge >= 0.3 is 0 Å². The summed E-state index contributed by atoms with van der Waals surface area (Å²) in [6.07, 6.45) is 11.6. The standard InChI is InChI=1S/C24H25N3O/c1-24-14-18-15-26-27(21-8-5-11-25-16-21)22(18)12-19(24)9-10-20(24)13-23(28)17-6-3-2-4-7-17/h2-8,11-12,15-16,20,23,28H,9-10,13-14H2,1H3/t20-,23?,24?/m1/s1. The maximum absolute atomic E-state index is 10.8. The minimum atomic E-state index is -0.401. The van der Waals surface area contributed by atoms with Crippen LogP contribution in [0.3, 0.4) is 0 Å². The Balaban J connectivity index is 1.43. The fourth-order valence-electron chi connectivity index (χ4n) is 5.08. The van der Waals surface area contributed by atoms with Crippen molar-refractivity contribution in [1.82, 2.24) is 14.8 Å². The van der Waals surface area contributed by atoms with Crippen molar-refractivity contribution in [2.24, 2.45) is 11.3 Å². The summed E-state index contributed by atoms with van der Waals surface area (Å²) in [5.74, 6) is 0.476. The average molecular weight is 371 g/mol. The van der Waals surface area contributed by atoms with Crippen LogP contribution in [0.5, 0.6) is 0 Å². The van der Waals surface area contributed by atoms with E-state index in [9.17, 15) is 5.11 Å². The van der Waals surface area contributed by atoms with Gasteiger partial charge in [0.15, 0.2) is 0 Å². The van der Waals surface area contributed by atoms with Crippen LogP contribution in [0.15, 0.2) is 66.6 Å². The van der Waals surface area contributed by atoms with E-state index in [1.165, 1.54) is 16.8 Å². The lowest BCUT2D eigenvalue weighted by molar-refractivity contribution is 0.113. The van der Waals surface area contributed by atoms with Gasteiger partial charge in [-0.15, -0.1) is 0 Å². The molecule has 4 heteroatoms. The highest BCUT2D eigenvalue weighted by Crippen LogP contribution is 2.55. The molecule has 3 atom stereocenters. The number of hydrogen-bond acceptors (Lipinski definition) is 3. The molecule has 3 aromatic rings. The van der Waals surface area contributed by atoms with Gasteiger partial charge in [-0.1, -0.05) is 42.8 Å². The number of aliphatic hydroxyl groups excluding tert-OH is 1. The molecule has 2 unspecified atom stereocenters. The zero-order chi connectivity index (χ0) is 19.1. The Bertz CT molecular complexity index is 1010. The molecule has 1 saturated carbocycles.